The Morgan fingerprint density at radius 1 is 1.15 bits per heavy atom. The lowest BCUT2D eigenvalue weighted by Gasteiger charge is -2.29. The van der Waals surface area contributed by atoms with Gasteiger partial charge >= 0.3 is 0 Å². The molecule has 146 valence electrons. The van der Waals surface area contributed by atoms with Gasteiger partial charge in [0.1, 0.15) is 0 Å². The average molecular weight is 362 g/mol. The third-order valence-corrected chi connectivity index (χ3v) is 6.04. The van der Waals surface area contributed by atoms with Crippen LogP contribution in [0.15, 0.2) is 18.2 Å². The van der Waals surface area contributed by atoms with E-state index in [2.05, 4.69) is 18.2 Å². The number of benzene rings is 1. The Bertz CT molecular complexity index is 542. The van der Waals surface area contributed by atoms with Gasteiger partial charge in [-0.25, -0.2) is 0 Å². The zero-order chi connectivity index (χ0) is 18.2. The zero-order valence-corrected chi connectivity index (χ0v) is 16.0. The molecule has 1 saturated heterocycles. The summed E-state index contributed by atoms with van der Waals surface area (Å²) in [5.41, 5.74) is 10.3. The standard InChI is InChI=1S/C22H35NO3/c23-15-21(3-1-2-10-24)19-4-5-20-14-22(7-6-18(20)13-19)26-16-17-8-11-25-12-9-17/h4-5,13,17,21-22,24H,1-3,6-12,14-16,23H2/t21-,22?/m0/s1. The van der Waals surface area contributed by atoms with Crippen molar-refractivity contribution in [3.05, 3.63) is 34.9 Å². The molecule has 1 aromatic carbocycles. The number of hydrogen-bond acceptors (Lipinski definition) is 4. The molecule has 2 aliphatic rings. The first-order chi connectivity index (χ1) is 12.8. The van der Waals surface area contributed by atoms with E-state index in [1.165, 1.54) is 16.7 Å². The lowest BCUT2D eigenvalue weighted by molar-refractivity contribution is -0.0149. The third-order valence-electron chi connectivity index (χ3n) is 6.04. The van der Waals surface area contributed by atoms with E-state index >= 15 is 0 Å². The quantitative estimate of drug-likeness (QED) is 0.663. The molecule has 0 aromatic heterocycles. The predicted octanol–water partition coefficient (Wildman–Crippen LogP) is 3.19. The van der Waals surface area contributed by atoms with Crippen LogP contribution in [0, 0.1) is 5.92 Å². The number of unbranched alkanes of at least 4 members (excludes halogenated alkanes) is 1. The highest BCUT2D eigenvalue weighted by molar-refractivity contribution is 5.36. The highest BCUT2D eigenvalue weighted by Gasteiger charge is 2.22. The molecule has 0 saturated carbocycles. The Morgan fingerprint density at radius 2 is 2.00 bits per heavy atom. The summed E-state index contributed by atoms with van der Waals surface area (Å²) in [6, 6.07) is 6.93. The predicted molar refractivity (Wildman–Crippen MR) is 104 cm³/mol. The van der Waals surface area contributed by atoms with E-state index < -0.39 is 0 Å². The lowest BCUT2D eigenvalue weighted by atomic mass is 9.85. The van der Waals surface area contributed by atoms with Gasteiger partial charge in [0.05, 0.1) is 6.10 Å². The first kappa shape index (κ1) is 19.8. The van der Waals surface area contributed by atoms with Gasteiger partial charge in [0.25, 0.3) is 0 Å². The fraction of sp³-hybridized carbons (Fsp3) is 0.727. The highest BCUT2D eigenvalue weighted by Crippen LogP contribution is 2.29. The Morgan fingerprint density at radius 3 is 2.77 bits per heavy atom. The second-order valence-corrected chi connectivity index (χ2v) is 7.93. The molecule has 3 rings (SSSR count). The van der Waals surface area contributed by atoms with E-state index in [1.807, 2.05) is 0 Å². The highest BCUT2D eigenvalue weighted by atomic mass is 16.5. The Hall–Kier alpha value is -0.940. The summed E-state index contributed by atoms with van der Waals surface area (Å²) in [7, 11) is 0. The van der Waals surface area contributed by atoms with Crippen molar-refractivity contribution in [2.24, 2.45) is 11.7 Å². The maximum absolute atomic E-state index is 8.98. The first-order valence-corrected chi connectivity index (χ1v) is 10.4. The smallest absolute Gasteiger partial charge is 0.0618 e. The van der Waals surface area contributed by atoms with Crippen LogP contribution in [-0.4, -0.2) is 44.2 Å². The van der Waals surface area contributed by atoms with Crippen molar-refractivity contribution >= 4 is 0 Å². The van der Waals surface area contributed by atoms with Gasteiger partial charge < -0.3 is 20.3 Å². The summed E-state index contributed by atoms with van der Waals surface area (Å²) >= 11 is 0. The summed E-state index contributed by atoms with van der Waals surface area (Å²) in [6.07, 6.45) is 8.89. The molecule has 1 aromatic rings. The fourth-order valence-electron chi connectivity index (χ4n) is 4.25. The van der Waals surface area contributed by atoms with Crippen LogP contribution in [0.3, 0.4) is 0 Å². The van der Waals surface area contributed by atoms with E-state index in [9.17, 15) is 0 Å². The minimum absolute atomic E-state index is 0.275. The molecule has 1 heterocycles. The molecule has 4 heteroatoms. The summed E-state index contributed by atoms with van der Waals surface area (Å²) < 4.78 is 11.7. The van der Waals surface area contributed by atoms with Gasteiger partial charge in [-0.05, 0) is 80.0 Å². The van der Waals surface area contributed by atoms with Crippen LogP contribution < -0.4 is 5.73 Å². The number of ether oxygens (including phenoxy) is 2. The number of rotatable bonds is 9. The second-order valence-electron chi connectivity index (χ2n) is 7.93. The van der Waals surface area contributed by atoms with Crippen molar-refractivity contribution in [3.8, 4) is 0 Å². The Labute approximate surface area is 158 Å². The number of aliphatic hydroxyl groups is 1. The van der Waals surface area contributed by atoms with Gasteiger partial charge in [0.2, 0.25) is 0 Å². The van der Waals surface area contributed by atoms with Crippen molar-refractivity contribution in [2.45, 2.75) is 63.4 Å². The molecule has 0 bridgehead atoms. The molecule has 1 aliphatic carbocycles. The molecule has 0 amide bonds. The molecular formula is C22H35NO3. The number of fused-ring (bicyclic) bond motifs is 1. The molecule has 1 unspecified atom stereocenters. The zero-order valence-electron chi connectivity index (χ0n) is 16.0. The largest absolute Gasteiger partial charge is 0.396 e. The van der Waals surface area contributed by atoms with Gasteiger partial charge in [-0.3, -0.25) is 0 Å². The van der Waals surface area contributed by atoms with Crippen LogP contribution >= 0.6 is 0 Å². The normalized spacial score (nSPS) is 22.2. The van der Waals surface area contributed by atoms with Crippen LogP contribution in [0.25, 0.3) is 0 Å². The van der Waals surface area contributed by atoms with E-state index in [1.54, 1.807) is 0 Å². The minimum atomic E-state index is 0.275. The molecular weight excluding hydrogens is 326 g/mol. The van der Waals surface area contributed by atoms with Crippen molar-refractivity contribution in [1.29, 1.82) is 0 Å². The molecule has 2 atom stereocenters. The average Bonchev–Trinajstić information content (AvgIpc) is 2.70. The van der Waals surface area contributed by atoms with Crippen molar-refractivity contribution in [1.82, 2.24) is 0 Å². The van der Waals surface area contributed by atoms with E-state index in [0.717, 1.165) is 71.2 Å². The topological polar surface area (TPSA) is 64.7 Å². The molecule has 1 fully saturated rings. The van der Waals surface area contributed by atoms with E-state index in [4.69, 9.17) is 20.3 Å². The van der Waals surface area contributed by atoms with Gasteiger partial charge in [-0.15, -0.1) is 0 Å². The maximum atomic E-state index is 8.98. The monoisotopic (exact) mass is 361 g/mol. The number of hydrogen-bond donors (Lipinski definition) is 2. The van der Waals surface area contributed by atoms with Gasteiger partial charge in [-0.1, -0.05) is 24.6 Å². The first-order valence-electron chi connectivity index (χ1n) is 10.4. The summed E-state index contributed by atoms with van der Waals surface area (Å²) in [5.74, 6) is 1.09. The molecule has 3 N–H and O–H groups in total. The summed E-state index contributed by atoms with van der Waals surface area (Å²) in [4.78, 5) is 0. The number of aryl methyl sites for hydroxylation is 1. The van der Waals surface area contributed by atoms with E-state index in [0.29, 0.717) is 24.5 Å². The Balaban J connectivity index is 1.52. The molecule has 4 nitrogen and oxygen atoms in total. The molecule has 0 radical (unpaired) electrons. The minimum Gasteiger partial charge on any atom is -0.396 e. The number of nitrogens with two attached hydrogens (primary N) is 1. The fourth-order valence-corrected chi connectivity index (χ4v) is 4.25. The summed E-state index contributed by atoms with van der Waals surface area (Å²) in [6.45, 7) is 3.63. The van der Waals surface area contributed by atoms with Crippen LogP contribution in [0.5, 0.6) is 0 Å². The van der Waals surface area contributed by atoms with Crippen LogP contribution in [0.2, 0.25) is 0 Å². The van der Waals surface area contributed by atoms with Gasteiger partial charge in [0, 0.05) is 26.4 Å². The molecule has 0 spiro atoms. The molecule has 26 heavy (non-hydrogen) atoms. The van der Waals surface area contributed by atoms with Crippen molar-refractivity contribution < 1.29 is 14.6 Å². The Kier molecular flexibility index (Phi) is 7.93. The van der Waals surface area contributed by atoms with Crippen molar-refractivity contribution in [2.75, 3.05) is 33.0 Å². The van der Waals surface area contributed by atoms with E-state index in [-0.39, 0.29) is 6.61 Å². The lowest BCUT2D eigenvalue weighted by Crippen LogP contribution is -2.27. The van der Waals surface area contributed by atoms with Crippen LogP contribution in [0.4, 0.5) is 0 Å². The van der Waals surface area contributed by atoms with Crippen molar-refractivity contribution in [3.63, 3.8) is 0 Å². The number of aliphatic hydroxyl groups excluding tert-OH is 1. The summed E-state index contributed by atoms with van der Waals surface area (Å²) in [5, 5.41) is 8.98. The van der Waals surface area contributed by atoms with Gasteiger partial charge in [-0.2, -0.15) is 0 Å². The van der Waals surface area contributed by atoms with Crippen LogP contribution in [0.1, 0.15) is 61.1 Å². The third kappa shape index (κ3) is 5.53. The van der Waals surface area contributed by atoms with Crippen LogP contribution in [-0.2, 0) is 22.3 Å². The SMILES string of the molecule is NC[C@H](CCCCO)c1ccc2c(c1)CCC(OCC1CCOCC1)C2. The van der Waals surface area contributed by atoms with Gasteiger partial charge in [0.15, 0.2) is 0 Å². The second kappa shape index (κ2) is 10.4. The molecule has 1 aliphatic heterocycles. The maximum Gasteiger partial charge on any atom is 0.0618 e.